The lowest BCUT2D eigenvalue weighted by Gasteiger charge is -2.17. The number of benzene rings is 2. The normalized spacial score (nSPS) is 12.8. The number of alkyl halides is 3. The molecule has 0 saturated carbocycles. The number of rotatable bonds is 5. The van der Waals surface area contributed by atoms with Gasteiger partial charge in [0.15, 0.2) is 6.10 Å². The molecule has 1 atom stereocenters. The second kappa shape index (κ2) is 8.21. The van der Waals surface area contributed by atoms with Gasteiger partial charge < -0.3 is 10.1 Å². The van der Waals surface area contributed by atoms with Gasteiger partial charge in [-0.15, -0.1) is 0 Å². The average molecular weight is 400 g/mol. The van der Waals surface area contributed by atoms with E-state index in [1.54, 1.807) is 6.07 Å². The van der Waals surface area contributed by atoms with E-state index in [9.17, 15) is 18.0 Å². The maximum absolute atomic E-state index is 12.9. The van der Waals surface area contributed by atoms with Gasteiger partial charge in [0.2, 0.25) is 0 Å². The SMILES string of the molecule is Cc1cc(OC(C)C(=O)Nc2ccc(Cl)c(C(F)(F)F)c2)ccc1C(C)C. The number of hydrogen-bond acceptors (Lipinski definition) is 2. The third kappa shape index (κ3) is 5.39. The van der Waals surface area contributed by atoms with E-state index >= 15 is 0 Å². The quantitative estimate of drug-likeness (QED) is 0.650. The first-order valence-electron chi connectivity index (χ1n) is 8.44. The number of amides is 1. The van der Waals surface area contributed by atoms with Gasteiger partial charge in [0, 0.05) is 5.69 Å². The molecule has 7 heteroatoms. The number of carbonyl (C=O) groups is 1. The summed E-state index contributed by atoms with van der Waals surface area (Å²) in [6, 6.07) is 8.76. The van der Waals surface area contributed by atoms with E-state index in [1.165, 1.54) is 18.6 Å². The Morgan fingerprint density at radius 3 is 2.33 bits per heavy atom. The summed E-state index contributed by atoms with van der Waals surface area (Å²) < 4.78 is 44.4. The zero-order chi connectivity index (χ0) is 20.4. The van der Waals surface area contributed by atoms with Gasteiger partial charge in [0.25, 0.3) is 5.91 Å². The molecule has 0 aromatic heterocycles. The van der Waals surface area contributed by atoms with E-state index in [4.69, 9.17) is 16.3 Å². The van der Waals surface area contributed by atoms with Gasteiger partial charge in [-0.3, -0.25) is 4.79 Å². The summed E-state index contributed by atoms with van der Waals surface area (Å²) in [5, 5.41) is 2.00. The molecule has 1 unspecified atom stereocenters. The first-order chi connectivity index (χ1) is 12.5. The Labute approximate surface area is 161 Å². The minimum absolute atomic E-state index is 0.00138. The predicted octanol–water partition coefficient (Wildman–Crippen LogP) is 6.20. The zero-order valence-corrected chi connectivity index (χ0v) is 16.2. The lowest BCUT2D eigenvalue weighted by atomic mass is 9.98. The maximum Gasteiger partial charge on any atom is 0.417 e. The van der Waals surface area contributed by atoms with Crippen LogP contribution in [0.4, 0.5) is 18.9 Å². The highest BCUT2D eigenvalue weighted by molar-refractivity contribution is 6.31. The molecule has 0 bridgehead atoms. The van der Waals surface area contributed by atoms with Crippen molar-refractivity contribution in [2.24, 2.45) is 0 Å². The van der Waals surface area contributed by atoms with E-state index < -0.39 is 28.8 Å². The summed E-state index contributed by atoms with van der Waals surface area (Å²) in [6.07, 6.45) is -5.49. The van der Waals surface area contributed by atoms with Gasteiger partial charge in [-0.25, -0.2) is 0 Å². The number of carbonyl (C=O) groups excluding carboxylic acids is 1. The van der Waals surface area contributed by atoms with E-state index in [2.05, 4.69) is 19.2 Å². The second-order valence-electron chi connectivity index (χ2n) is 6.61. The van der Waals surface area contributed by atoms with Crippen LogP contribution in [-0.4, -0.2) is 12.0 Å². The molecule has 3 nitrogen and oxygen atoms in total. The summed E-state index contributed by atoms with van der Waals surface area (Å²) in [7, 11) is 0. The van der Waals surface area contributed by atoms with Crippen LogP contribution in [0.25, 0.3) is 0 Å². The molecule has 0 fully saturated rings. The van der Waals surface area contributed by atoms with Crippen molar-refractivity contribution in [2.45, 2.75) is 45.9 Å². The highest BCUT2D eigenvalue weighted by Crippen LogP contribution is 2.36. The number of aryl methyl sites for hydroxylation is 1. The molecule has 0 radical (unpaired) electrons. The number of anilines is 1. The van der Waals surface area contributed by atoms with Gasteiger partial charge in [0.1, 0.15) is 5.75 Å². The van der Waals surface area contributed by atoms with E-state index in [1.807, 2.05) is 19.1 Å². The Balaban J connectivity index is 2.09. The van der Waals surface area contributed by atoms with E-state index in [-0.39, 0.29) is 5.69 Å². The molecule has 0 heterocycles. The number of nitrogens with one attached hydrogen (secondary N) is 1. The zero-order valence-electron chi connectivity index (χ0n) is 15.4. The Hall–Kier alpha value is -2.21. The van der Waals surface area contributed by atoms with Crippen molar-refractivity contribution in [2.75, 3.05) is 5.32 Å². The van der Waals surface area contributed by atoms with Crippen LogP contribution in [0.1, 0.15) is 43.4 Å². The molecule has 0 spiro atoms. The molecule has 2 aromatic rings. The van der Waals surface area contributed by atoms with Crippen molar-refractivity contribution in [3.63, 3.8) is 0 Å². The second-order valence-corrected chi connectivity index (χ2v) is 7.02. The first kappa shape index (κ1) is 21.1. The largest absolute Gasteiger partial charge is 0.481 e. The molecule has 1 amide bonds. The number of halogens is 4. The predicted molar refractivity (Wildman–Crippen MR) is 100 cm³/mol. The highest BCUT2D eigenvalue weighted by atomic mass is 35.5. The average Bonchev–Trinajstić information content (AvgIpc) is 2.55. The van der Waals surface area contributed by atoms with Crippen LogP contribution in [0.5, 0.6) is 5.75 Å². The van der Waals surface area contributed by atoms with Crippen LogP contribution in [0, 0.1) is 6.92 Å². The monoisotopic (exact) mass is 399 g/mol. The van der Waals surface area contributed by atoms with Gasteiger partial charge >= 0.3 is 6.18 Å². The number of ether oxygens (including phenoxy) is 1. The smallest absolute Gasteiger partial charge is 0.417 e. The van der Waals surface area contributed by atoms with E-state index in [0.717, 1.165) is 17.7 Å². The molecule has 2 rings (SSSR count). The summed E-state index contributed by atoms with van der Waals surface area (Å²) in [6.45, 7) is 7.65. The standard InChI is InChI=1S/C20H21ClF3NO2/c1-11(2)16-7-6-15(9-12(16)3)27-13(4)19(26)25-14-5-8-18(21)17(10-14)20(22,23)24/h5-11,13H,1-4H3,(H,25,26). The summed E-state index contributed by atoms with van der Waals surface area (Å²) >= 11 is 5.58. The maximum atomic E-state index is 12.9. The highest BCUT2D eigenvalue weighted by Gasteiger charge is 2.33. The molecule has 1 N–H and O–H groups in total. The van der Waals surface area contributed by atoms with Crippen LogP contribution >= 0.6 is 11.6 Å². The van der Waals surface area contributed by atoms with Crippen molar-refractivity contribution >= 4 is 23.2 Å². The fourth-order valence-electron chi connectivity index (χ4n) is 2.69. The van der Waals surface area contributed by atoms with Crippen LogP contribution in [-0.2, 0) is 11.0 Å². The summed E-state index contributed by atoms with van der Waals surface area (Å²) in [5.74, 6) is 0.329. The van der Waals surface area contributed by atoms with Crippen molar-refractivity contribution < 1.29 is 22.7 Å². The van der Waals surface area contributed by atoms with Gasteiger partial charge in [-0.2, -0.15) is 13.2 Å². The van der Waals surface area contributed by atoms with Crippen LogP contribution in [0.3, 0.4) is 0 Å². The third-order valence-electron chi connectivity index (χ3n) is 4.08. The Morgan fingerprint density at radius 2 is 1.78 bits per heavy atom. The third-order valence-corrected chi connectivity index (χ3v) is 4.41. The Morgan fingerprint density at radius 1 is 1.11 bits per heavy atom. The summed E-state index contributed by atoms with van der Waals surface area (Å²) in [4.78, 5) is 12.3. The van der Waals surface area contributed by atoms with Crippen LogP contribution < -0.4 is 10.1 Å². The van der Waals surface area contributed by atoms with Gasteiger partial charge in [0.05, 0.1) is 10.6 Å². The van der Waals surface area contributed by atoms with Crippen molar-refractivity contribution in [1.82, 2.24) is 0 Å². The van der Waals surface area contributed by atoms with Crippen molar-refractivity contribution in [1.29, 1.82) is 0 Å². The lowest BCUT2D eigenvalue weighted by molar-refractivity contribution is -0.137. The molecule has 2 aromatic carbocycles. The topological polar surface area (TPSA) is 38.3 Å². The molecular weight excluding hydrogens is 379 g/mol. The van der Waals surface area contributed by atoms with E-state index in [0.29, 0.717) is 11.7 Å². The Bertz CT molecular complexity index is 834. The molecule has 27 heavy (non-hydrogen) atoms. The lowest BCUT2D eigenvalue weighted by Crippen LogP contribution is -2.30. The number of hydrogen-bond donors (Lipinski definition) is 1. The minimum Gasteiger partial charge on any atom is -0.481 e. The molecule has 0 aliphatic heterocycles. The minimum atomic E-state index is -4.60. The van der Waals surface area contributed by atoms with Crippen molar-refractivity contribution in [3.05, 3.63) is 58.1 Å². The van der Waals surface area contributed by atoms with Crippen LogP contribution in [0.15, 0.2) is 36.4 Å². The van der Waals surface area contributed by atoms with Crippen LogP contribution in [0.2, 0.25) is 5.02 Å². The molecule has 0 saturated heterocycles. The summed E-state index contributed by atoms with van der Waals surface area (Å²) in [5.41, 5.74) is 1.22. The molecular formula is C20H21ClF3NO2. The molecule has 146 valence electrons. The molecule has 0 aliphatic rings. The Kier molecular flexibility index (Phi) is 6.42. The fraction of sp³-hybridized carbons (Fsp3) is 0.350. The molecule has 0 aliphatic carbocycles. The van der Waals surface area contributed by atoms with Gasteiger partial charge in [-0.1, -0.05) is 31.5 Å². The van der Waals surface area contributed by atoms with Crippen molar-refractivity contribution in [3.8, 4) is 5.75 Å². The first-order valence-corrected chi connectivity index (χ1v) is 8.81. The van der Waals surface area contributed by atoms with Gasteiger partial charge in [-0.05, 0) is 61.2 Å². The fourth-order valence-corrected chi connectivity index (χ4v) is 2.92.